The molecule has 0 radical (unpaired) electrons. The first-order valence-electron chi connectivity index (χ1n) is 5.92. The van der Waals surface area contributed by atoms with Gasteiger partial charge in [-0.05, 0) is 25.2 Å². The third-order valence-electron chi connectivity index (χ3n) is 2.38. The number of nitrogens with one attached hydrogen (secondary N) is 1. The molecule has 0 bridgehead atoms. The summed E-state index contributed by atoms with van der Waals surface area (Å²) >= 11 is 0. The lowest BCUT2D eigenvalue weighted by molar-refractivity contribution is -0.125. The summed E-state index contributed by atoms with van der Waals surface area (Å²) < 4.78 is 0. The highest BCUT2D eigenvalue weighted by Crippen LogP contribution is 2.23. The molecule has 1 amide bonds. The predicted octanol–water partition coefficient (Wildman–Crippen LogP) is 0.885. The quantitative estimate of drug-likeness (QED) is 0.634. The van der Waals surface area contributed by atoms with Crippen LogP contribution in [0.3, 0.4) is 0 Å². The van der Waals surface area contributed by atoms with Gasteiger partial charge in [-0.3, -0.25) is 4.79 Å². The fourth-order valence-electron chi connectivity index (χ4n) is 1.57. The first-order chi connectivity index (χ1) is 7.26. The summed E-state index contributed by atoms with van der Waals surface area (Å²) in [5, 5.41) is 11.9. The van der Waals surface area contributed by atoms with E-state index in [4.69, 9.17) is 10.8 Å². The van der Waals surface area contributed by atoms with Crippen molar-refractivity contribution in [2.24, 2.45) is 17.1 Å². The second kappa shape index (κ2) is 6.86. The molecule has 0 fully saturated rings. The summed E-state index contributed by atoms with van der Waals surface area (Å²) in [6.07, 6.45) is 0.988. The highest BCUT2D eigenvalue weighted by atomic mass is 16.3. The molecule has 0 aromatic heterocycles. The first kappa shape index (κ1) is 15.4. The van der Waals surface area contributed by atoms with E-state index in [-0.39, 0.29) is 23.3 Å². The Hall–Kier alpha value is -0.610. The summed E-state index contributed by atoms with van der Waals surface area (Å²) in [4.78, 5) is 11.8. The molecule has 0 saturated carbocycles. The van der Waals surface area contributed by atoms with Crippen molar-refractivity contribution in [3.8, 4) is 0 Å². The summed E-state index contributed by atoms with van der Waals surface area (Å²) in [5.74, 6) is -0.132. The lowest BCUT2D eigenvalue weighted by atomic mass is 9.84. The van der Waals surface area contributed by atoms with Crippen LogP contribution < -0.4 is 11.1 Å². The van der Waals surface area contributed by atoms with E-state index in [1.165, 1.54) is 0 Å². The predicted molar refractivity (Wildman–Crippen MR) is 65.9 cm³/mol. The largest absolute Gasteiger partial charge is 0.393 e. The lowest BCUT2D eigenvalue weighted by Crippen LogP contribution is -2.38. The van der Waals surface area contributed by atoms with E-state index in [9.17, 15) is 4.79 Å². The third-order valence-corrected chi connectivity index (χ3v) is 2.38. The van der Waals surface area contributed by atoms with Gasteiger partial charge in [0.2, 0.25) is 5.91 Å². The topological polar surface area (TPSA) is 75.3 Å². The van der Waals surface area contributed by atoms with Crippen molar-refractivity contribution >= 4 is 5.91 Å². The molecular weight excluding hydrogens is 204 g/mol. The lowest BCUT2D eigenvalue weighted by Gasteiger charge is -2.24. The Kier molecular flexibility index (Phi) is 6.60. The Labute approximate surface area is 98.6 Å². The molecule has 4 heteroatoms. The number of carbonyl (C=O) groups is 1. The zero-order valence-electron chi connectivity index (χ0n) is 10.9. The Morgan fingerprint density at radius 2 is 2.00 bits per heavy atom. The Balaban J connectivity index is 4.02. The van der Waals surface area contributed by atoms with E-state index in [1.54, 1.807) is 6.92 Å². The zero-order valence-corrected chi connectivity index (χ0v) is 10.9. The fourth-order valence-corrected chi connectivity index (χ4v) is 1.57. The second-order valence-corrected chi connectivity index (χ2v) is 5.63. The number of hydrogen-bond donors (Lipinski definition) is 3. The molecule has 0 aliphatic carbocycles. The molecule has 0 rings (SSSR count). The normalized spacial score (nSPS) is 15.6. The summed E-state index contributed by atoms with van der Waals surface area (Å²) in [5.41, 5.74) is 5.71. The number of aliphatic hydroxyl groups is 1. The Bertz CT molecular complexity index is 210. The standard InChI is InChI=1S/C12H26N2O2/c1-9(15)5-6-14-11(16)10(8-13)7-12(2,3)4/h9-10,15H,5-8,13H2,1-4H3,(H,14,16). The van der Waals surface area contributed by atoms with Crippen molar-refractivity contribution < 1.29 is 9.90 Å². The smallest absolute Gasteiger partial charge is 0.224 e. The van der Waals surface area contributed by atoms with E-state index in [2.05, 4.69) is 26.1 Å². The van der Waals surface area contributed by atoms with Crippen molar-refractivity contribution in [3.63, 3.8) is 0 Å². The van der Waals surface area contributed by atoms with Gasteiger partial charge < -0.3 is 16.2 Å². The minimum Gasteiger partial charge on any atom is -0.393 e. The highest BCUT2D eigenvalue weighted by molar-refractivity contribution is 5.78. The summed E-state index contributed by atoms with van der Waals surface area (Å²) in [7, 11) is 0. The minimum absolute atomic E-state index is 0.00178. The van der Waals surface area contributed by atoms with E-state index in [0.29, 0.717) is 19.5 Å². The monoisotopic (exact) mass is 230 g/mol. The summed E-state index contributed by atoms with van der Waals surface area (Å²) in [6, 6.07) is 0. The maximum Gasteiger partial charge on any atom is 0.224 e. The number of amides is 1. The molecule has 2 unspecified atom stereocenters. The van der Waals surface area contributed by atoms with E-state index in [1.807, 2.05) is 0 Å². The number of carbonyl (C=O) groups excluding carboxylic acids is 1. The van der Waals surface area contributed by atoms with Gasteiger partial charge in [0.1, 0.15) is 0 Å². The molecule has 4 N–H and O–H groups in total. The molecule has 96 valence electrons. The van der Waals surface area contributed by atoms with Crippen LogP contribution in [0.1, 0.15) is 40.5 Å². The third kappa shape index (κ3) is 7.65. The molecule has 0 spiro atoms. The van der Waals surface area contributed by atoms with Crippen LogP contribution in [0.2, 0.25) is 0 Å². The SMILES string of the molecule is CC(O)CCNC(=O)C(CN)CC(C)(C)C. The highest BCUT2D eigenvalue weighted by Gasteiger charge is 2.23. The number of nitrogens with two attached hydrogens (primary N) is 1. The minimum atomic E-state index is -0.376. The van der Waals surface area contributed by atoms with Crippen molar-refractivity contribution in [1.82, 2.24) is 5.32 Å². The first-order valence-corrected chi connectivity index (χ1v) is 5.92. The Morgan fingerprint density at radius 1 is 1.44 bits per heavy atom. The maximum absolute atomic E-state index is 11.8. The molecular formula is C12H26N2O2. The average molecular weight is 230 g/mol. The van der Waals surface area contributed by atoms with Crippen LogP contribution in [0.25, 0.3) is 0 Å². The van der Waals surface area contributed by atoms with Gasteiger partial charge in [-0.25, -0.2) is 0 Å². The van der Waals surface area contributed by atoms with Gasteiger partial charge in [-0.2, -0.15) is 0 Å². The van der Waals surface area contributed by atoms with Gasteiger partial charge in [0, 0.05) is 13.1 Å². The second-order valence-electron chi connectivity index (χ2n) is 5.63. The number of rotatable bonds is 6. The van der Waals surface area contributed by atoms with Crippen LogP contribution in [0, 0.1) is 11.3 Å². The van der Waals surface area contributed by atoms with E-state index in [0.717, 1.165) is 6.42 Å². The van der Waals surface area contributed by atoms with Gasteiger partial charge in [0.05, 0.1) is 12.0 Å². The van der Waals surface area contributed by atoms with E-state index < -0.39 is 0 Å². The zero-order chi connectivity index (χ0) is 12.8. The van der Waals surface area contributed by atoms with Gasteiger partial charge in [0.15, 0.2) is 0 Å². The molecule has 2 atom stereocenters. The molecule has 0 aliphatic rings. The van der Waals surface area contributed by atoms with Crippen molar-refractivity contribution in [1.29, 1.82) is 0 Å². The molecule has 16 heavy (non-hydrogen) atoms. The average Bonchev–Trinajstić information content (AvgIpc) is 2.11. The van der Waals surface area contributed by atoms with Crippen molar-refractivity contribution in [3.05, 3.63) is 0 Å². The van der Waals surface area contributed by atoms with Gasteiger partial charge >= 0.3 is 0 Å². The summed E-state index contributed by atoms with van der Waals surface area (Å²) in [6.45, 7) is 8.88. The Morgan fingerprint density at radius 3 is 2.38 bits per heavy atom. The molecule has 0 aromatic carbocycles. The molecule has 0 saturated heterocycles. The fraction of sp³-hybridized carbons (Fsp3) is 0.917. The number of hydrogen-bond acceptors (Lipinski definition) is 3. The van der Waals surface area contributed by atoms with Crippen LogP contribution >= 0.6 is 0 Å². The number of aliphatic hydroxyl groups excluding tert-OH is 1. The van der Waals surface area contributed by atoms with Crippen molar-refractivity contribution in [2.45, 2.75) is 46.6 Å². The van der Waals surface area contributed by atoms with Crippen LogP contribution in [-0.2, 0) is 4.79 Å². The van der Waals surface area contributed by atoms with Crippen molar-refractivity contribution in [2.75, 3.05) is 13.1 Å². The van der Waals surface area contributed by atoms with Gasteiger partial charge in [0.25, 0.3) is 0 Å². The van der Waals surface area contributed by atoms with Crippen LogP contribution in [-0.4, -0.2) is 30.2 Å². The van der Waals surface area contributed by atoms with E-state index >= 15 is 0 Å². The maximum atomic E-state index is 11.8. The molecule has 0 aliphatic heterocycles. The molecule has 0 aromatic rings. The van der Waals surface area contributed by atoms with Crippen LogP contribution in [0.4, 0.5) is 0 Å². The van der Waals surface area contributed by atoms with Gasteiger partial charge in [-0.15, -0.1) is 0 Å². The molecule has 0 heterocycles. The van der Waals surface area contributed by atoms with Gasteiger partial charge in [-0.1, -0.05) is 20.8 Å². The van der Waals surface area contributed by atoms with Crippen LogP contribution in [0.15, 0.2) is 0 Å². The molecule has 4 nitrogen and oxygen atoms in total. The van der Waals surface area contributed by atoms with Crippen LogP contribution in [0.5, 0.6) is 0 Å².